The van der Waals surface area contributed by atoms with Gasteiger partial charge in [-0.05, 0) is 40.5 Å². The summed E-state index contributed by atoms with van der Waals surface area (Å²) >= 11 is 0. The second-order valence-electron chi connectivity index (χ2n) is 7.33. The van der Waals surface area contributed by atoms with Crippen LogP contribution in [0.25, 0.3) is 0 Å². The second-order valence-corrected chi connectivity index (χ2v) is 7.33. The largest absolute Gasteiger partial charge is 0.444 e. The first-order valence-electron chi connectivity index (χ1n) is 8.18. The summed E-state index contributed by atoms with van der Waals surface area (Å²) < 4.78 is 16.3. The monoisotopic (exact) mass is 314 g/mol. The Kier molecular flexibility index (Phi) is 5.69. The van der Waals surface area contributed by atoms with Crippen molar-refractivity contribution in [2.75, 3.05) is 20.3 Å². The van der Waals surface area contributed by atoms with Gasteiger partial charge in [0.2, 0.25) is 0 Å². The predicted octanol–water partition coefficient (Wildman–Crippen LogP) is 1.68. The van der Waals surface area contributed by atoms with Crippen LogP contribution in [0.4, 0.5) is 4.79 Å². The summed E-state index contributed by atoms with van der Waals surface area (Å²) in [6.07, 6.45) is 1.78. The maximum atomic E-state index is 12.0. The summed E-state index contributed by atoms with van der Waals surface area (Å²) in [5.41, 5.74) is -0.478. The Morgan fingerprint density at radius 1 is 1.36 bits per heavy atom. The van der Waals surface area contributed by atoms with E-state index in [1.165, 1.54) is 0 Å². The van der Waals surface area contributed by atoms with Gasteiger partial charge in [0.25, 0.3) is 0 Å². The van der Waals surface area contributed by atoms with Crippen LogP contribution in [0.2, 0.25) is 0 Å². The molecule has 5 unspecified atom stereocenters. The third-order valence-corrected chi connectivity index (χ3v) is 4.30. The summed E-state index contributed by atoms with van der Waals surface area (Å²) in [5, 5.41) is 6.59. The van der Waals surface area contributed by atoms with Crippen LogP contribution in [0.15, 0.2) is 0 Å². The molecule has 0 spiro atoms. The lowest BCUT2D eigenvalue weighted by Gasteiger charge is -2.49. The van der Waals surface area contributed by atoms with Crippen LogP contribution in [0.1, 0.15) is 40.5 Å². The number of amides is 1. The maximum absolute atomic E-state index is 12.0. The average Bonchev–Trinajstić information content (AvgIpc) is 2.82. The Labute approximate surface area is 133 Å². The zero-order valence-electron chi connectivity index (χ0n) is 14.3. The van der Waals surface area contributed by atoms with Gasteiger partial charge in [-0.1, -0.05) is 0 Å². The molecule has 2 fully saturated rings. The zero-order chi connectivity index (χ0) is 16.3. The molecule has 2 N–H and O–H groups in total. The lowest BCUT2D eigenvalue weighted by atomic mass is 9.71. The molecule has 0 radical (unpaired) electrons. The Morgan fingerprint density at radius 2 is 2.09 bits per heavy atom. The molecule has 128 valence electrons. The van der Waals surface area contributed by atoms with Crippen molar-refractivity contribution in [2.24, 2.45) is 5.92 Å². The number of fused-ring (bicyclic) bond motifs is 1. The molecule has 5 atom stereocenters. The van der Waals surface area contributed by atoms with Gasteiger partial charge in [-0.2, -0.15) is 0 Å². The molecule has 22 heavy (non-hydrogen) atoms. The molecule has 1 heterocycles. The average molecular weight is 314 g/mol. The fourth-order valence-corrected chi connectivity index (χ4v) is 3.25. The third kappa shape index (κ3) is 4.33. The number of hydrogen-bond acceptors (Lipinski definition) is 5. The van der Waals surface area contributed by atoms with Crippen LogP contribution in [0.3, 0.4) is 0 Å². The minimum Gasteiger partial charge on any atom is -0.444 e. The molecule has 2 rings (SSSR count). The number of hydrogen-bond donors (Lipinski definition) is 2. The van der Waals surface area contributed by atoms with Gasteiger partial charge in [-0.15, -0.1) is 0 Å². The molecule has 2 aliphatic rings. The molecular weight excluding hydrogens is 284 g/mol. The molecule has 1 amide bonds. The number of carbonyl (C=O) groups is 1. The van der Waals surface area contributed by atoms with E-state index >= 15 is 0 Å². The van der Waals surface area contributed by atoms with Gasteiger partial charge in [-0.25, -0.2) is 4.79 Å². The molecule has 1 saturated carbocycles. The molecule has 0 aromatic carbocycles. The molecule has 1 aliphatic carbocycles. The summed E-state index contributed by atoms with van der Waals surface area (Å²) in [5.74, 6) is 0.389. The number of nitrogens with one attached hydrogen (secondary N) is 2. The van der Waals surface area contributed by atoms with E-state index in [0.29, 0.717) is 12.0 Å². The molecule has 0 aromatic heterocycles. The topological polar surface area (TPSA) is 68.8 Å². The van der Waals surface area contributed by atoms with Crippen molar-refractivity contribution in [3.8, 4) is 0 Å². The van der Waals surface area contributed by atoms with E-state index < -0.39 is 5.60 Å². The first-order valence-corrected chi connectivity index (χ1v) is 8.18. The van der Waals surface area contributed by atoms with Crippen molar-refractivity contribution in [3.05, 3.63) is 0 Å². The first kappa shape index (κ1) is 17.5. The highest BCUT2D eigenvalue weighted by molar-refractivity contribution is 5.68. The van der Waals surface area contributed by atoms with E-state index in [0.717, 1.165) is 26.1 Å². The minimum absolute atomic E-state index is 0.0762. The second kappa shape index (κ2) is 7.15. The summed E-state index contributed by atoms with van der Waals surface area (Å²) in [6.45, 7) is 9.24. The van der Waals surface area contributed by atoms with Gasteiger partial charge in [0.1, 0.15) is 5.60 Å². The van der Waals surface area contributed by atoms with E-state index in [-0.39, 0.29) is 24.3 Å². The van der Waals surface area contributed by atoms with Crippen LogP contribution >= 0.6 is 0 Å². The molecule has 1 saturated heterocycles. The highest BCUT2D eigenvalue weighted by atomic mass is 16.6. The Morgan fingerprint density at radius 3 is 2.73 bits per heavy atom. The number of alkyl carbamates (subject to hydrolysis) is 1. The van der Waals surface area contributed by atoms with Crippen molar-refractivity contribution in [2.45, 2.75) is 70.4 Å². The molecular formula is C16H30N2O4. The van der Waals surface area contributed by atoms with Crippen LogP contribution in [0.5, 0.6) is 0 Å². The number of rotatable bonds is 6. The Balaban J connectivity index is 1.88. The van der Waals surface area contributed by atoms with Gasteiger partial charge in [0.05, 0.1) is 18.2 Å². The van der Waals surface area contributed by atoms with E-state index in [2.05, 4.69) is 17.6 Å². The molecule has 6 nitrogen and oxygen atoms in total. The maximum Gasteiger partial charge on any atom is 0.407 e. The van der Waals surface area contributed by atoms with Crippen molar-refractivity contribution < 1.29 is 19.0 Å². The van der Waals surface area contributed by atoms with Crippen LogP contribution in [0, 0.1) is 5.92 Å². The fraction of sp³-hybridized carbons (Fsp3) is 0.938. The lowest BCUT2D eigenvalue weighted by molar-refractivity contribution is -0.0379. The van der Waals surface area contributed by atoms with Crippen molar-refractivity contribution >= 4 is 6.09 Å². The lowest BCUT2D eigenvalue weighted by Crippen LogP contribution is -2.71. The van der Waals surface area contributed by atoms with Crippen LogP contribution < -0.4 is 10.6 Å². The normalized spacial score (nSPS) is 32.0. The van der Waals surface area contributed by atoms with Crippen molar-refractivity contribution in [3.63, 3.8) is 0 Å². The standard InChI is InChI=1S/C16H30N2O4/c1-10(6-8-20-5)17-13-12(11-7-9-21-14(11)13)18-15(19)22-16(2,3)4/h10-14,17H,6-9H2,1-5H3,(H,18,19). The highest BCUT2D eigenvalue weighted by Gasteiger charge is 2.54. The van der Waals surface area contributed by atoms with Crippen LogP contribution in [-0.2, 0) is 14.2 Å². The molecule has 6 heteroatoms. The van der Waals surface area contributed by atoms with E-state index in [1.807, 2.05) is 20.8 Å². The van der Waals surface area contributed by atoms with Crippen molar-refractivity contribution in [1.82, 2.24) is 10.6 Å². The third-order valence-electron chi connectivity index (χ3n) is 4.30. The number of ether oxygens (including phenoxy) is 3. The summed E-state index contributed by atoms with van der Waals surface area (Å²) in [6, 6.07) is 0.539. The first-order chi connectivity index (χ1) is 10.3. The molecule has 0 bridgehead atoms. The fourth-order valence-electron chi connectivity index (χ4n) is 3.25. The van der Waals surface area contributed by atoms with Gasteiger partial charge < -0.3 is 24.8 Å². The van der Waals surface area contributed by atoms with Gasteiger partial charge in [-0.3, -0.25) is 0 Å². The predicted molar refractivity (Wildman–Crippen MR) is 83.9 cm³/mol. The molecule has 0 aromatic rings. The van der Waals surface area contributed by atoms with Gasteiger partial charge in [0.15, 0.2) is 0 Å². The van der Waals surface area contributed by atoms with Gasteiger partial charge >= 0.3 is 6.09 Å². The van der Waals surface area contributed by atoms with Crippen LogP contribution in [-0.4, -0.2) is 56.2 Å². The zero-order valence-corrected chi connectivity index (χ0v) is 14.3. The Bertz CT molecular complexity index is 383. The molecule has 1 aliphatic heterocycles. The van der Waals surface area contributed by atoms with E-state index in [9.17, 15) is 4.79 Å². The number of carbonyl (C=O) groups excluding carboxylic acids is 1. The van der Waals surface area contributed by atoms with E-state index in [4.69, 9.17) is 14.2 Å². The van der Waals surface area contributed by atoms with Crippen molar-refractivity contribution in [1.29, 1.82) is 0 Å². The van der Waals surface area contributed by atoms with Gasteiger partial charge in [0, 0.05) is 32.3 Å². The summed E-state index contributed by atoms with van der Waals surface area (Å²) in [7, 11) is 1.71. The quantitative estimate of drug-likeness (QED) is 0.781. The summed E-state index contributed by atoms with van der Waals surface area (Å²) in [4.78, 5) is 12.0. The Hall–Kier alpha value is -0.850. The minimum atomic E-state index is -0.478. The number of methoxy groups -OCH3 is 1. The highest BCUT2D eigenvalue weighted by Crippen LogP contribution is 2.39. The van der Waals surface area contributed by atoms with E-state index in [1.54, 1.807) is 7.11 Å². The SMILES string of the molecule is COCCC(C)NC1C(NC(=O)OC(C)(C)C)C2CCOC21. The smallest absolute Gasteiger partial charge is 0.407 e.